The summed E-state index contributed by atoms with van der Waals surface area (Å²) in [5, 5.41) is 0. The lowest BCUT2D eigenvalue weighted by Crippen LogP contribution is -2.21. The van der Waals surface area contributed by atoms with E-state index in [1.807, 2.05) is 0 Å². The zero-order chi connectivity index (χ0) is 16.2. The minimum absolute atomic E-state index is 0.407. The molecule has 0 aromatic carbocycles. The van der Waals surface area contributed by atoms with Gasteiger partial charge in [-0.25, -0.2) is 0 Å². The van der Waals surface area contributed by atoms with E-state index in [0.29, 0.717) is 18.1 Å². The monoisotopic (exact) mass is 348 g/mol. The highest BCUT2D eigenvalue weighted by molar-refractivity contribution is 7.99. The van der Waals surface area contributed by atoms with Gasteiger partial charge in [0.1, 0.15) is 0 Å². The fraction of sp³-hybridized carbons (Fsp3) is 1.00. The first-order chi connectivity index (χ1) is 10.6. The lowest BCUT2D eigenvalue weighted by molar-refractivity contribution is 0.0313. The molecule has 2 aliphatic heterocycles. The molecule has 2 saturated heterocycles. The third-order valence-corrected chi connectivity index (χ3v) is 5.94. The molecule has 0 spiro atoms. The molecule has 0 aliphatic carbocycles. The van der Waals surface area contributed by atoms with Crippen molar-refractivity contribution in [2.24, 2.45) is 11.8 Å². The van der Waals surface area contributed by atoms with Crippen LogP contribution in [0, 0.1) is 11.8 Å². The molecular weight excluding hydrogens is 312 g/mol. The van der Waals surface area contributed by atoms with E-state index in [2.05, 4.69) is 51.2 Å². The fourth-order valence-electron chi connectivity index (χ4n) is 2.41. The predicted octanol–water partition coefficient (Wildman–Crippen LogP) is 5.11. The third-order valence-electron chi connectivity index (χ3n) is 3.84. The Morgan fingerprint density at radius 2 is 1.41 bits per heavy atom. The normalized spacial score (nSPS) is 21.0. The molecule has 0 N–H and O–H groups in total. The summed E-state index contributed by atoms with van der Waals surface area (Å²) in [5.74, 6) is 6.80. The van der Waals surface area contributed by atoms with E-state index in [4.69, 9.17) is 9.47 Å². The van der Waals surface area contributed by atoms with Crippen LogP contribution in [0.4, 0.5) is 0 Å². The van der Waals surface area contributed by atoms with Crippen molar-refractivity contribution in [3.05, 3.63) is 0 Å². The number of hydrogen-bond donors (Lipinski definition) is 0. The van der Waals surface area contributed by atoms with Crippen molar-refractivity contribution in [1.29, 1.82) is 0 Å². The molecule has 0 aromatic heterocycles. The molecule has 0 bridgehead atoms. The number of ether oxygens (including phenoxy) is 2. The van der Waals surface area contributed by atoms with Crippen molar-refractivity contribution in [3.8, 4) is 0 Å². The van der Waals surface area contributed by atoms with E-state index in [0.717, 1.165) is 19.1 Å². The molecule has 0 saturated carbocycles. The Bertz CT molecular complexity index is 221. The van der Waals surface area contributed by atoms with Crippen LogP contribution >= 0.6 is 23.5 Å². The molecular formula is C18H36O2S2. The Hall–Kier alpha value is 0.620. The van der Waals surface area contributed by atoms with Crippen molar-refractivity contribution < 1.29 is 9.47 Å². The van der Waals surface area contributed by atoms with Gasteiger partial charge in [-0.1, -0.05) is 13.8 Å². The molecule has 0 unspecified atom stereocenters. The molecule has 2 nitrogen and oxygen atoms in total. The summed E-state index contributed by atoms with van der Waals surface area (Å²) in [6, 6.07) is 0. The van der Waals surface area contributed by atoms with Crippen LogP contribution in [0.2, 0.25) is 0 Å². The maximum atomic E-state index is 5.73. The first-order valence-electron chi connectivity index (χ1n) is 8.96. The van der Waals surface area contributed by atoms with Crippen molar-refractivity contribution in [2.45, 2.75) is 65.6 Å². The quantitative estimate of drug-likeness (QED) is 0.663. The second-order valence-corrected chi connectivity index (χ2v) is 9.43. The summed E-state index contributed by atoms with van der Waals surface area (Å²) in [5.41, 5.74) is 0. The molecule has 2 heterocycles. The summed E-state index contributed by atoms with van der Waals surface area (Å²) in [7, 11) is 0. The Morgan fingerprint density at radius 1 is 0.864 bits per heavy atom. The van der Waals surface area contributed by atoms with Gasteiger partial charge < -0.3 is 9.47 Å². The zero-order valence-electron chi connectivity index (χ0n) is 15.0. The van der Waals surface area contributed by atoms with E-state index in [1.54, 1.807) is 0 Å². The van der Waals surface area contributed by atoms with Crippen LogP contribution in [-0.4, -0.2) is 48.4 Å². The smallest absolute Gasteiger partial charge is 0.0591 e. The van der Waals surface area contributed by atoms with Crippen LogP contribution in [-0.2, 0) is 9.47 Å². The van der Waals surface area contributed by atoms with Crippen LogP contribution in [0.15, 0.2) is 0 Å². The molecule has 2 aliphatic rings. The highest BCUT2D eigenvalue weighted by atomic mass is 32.2. The van der Waals surface area contributed by atoms with Crippen LogP contribution in [0.25, 0.3) is 0 Å². The van der Waals surface area contributed by atoms with E-state index in [1.165, 1.54) is 48.7 Å². The standard InChI is InChI=1S/2C9H18OS/c1-8(2)10-7-9-3-5-11-6-4-9;1-8(2)7-10-9-3-5-11-6-4-9/h2*8-9H,3-7H2,1-2H3. The van der Waals surface area contributed by atoms with Gasteiger partial charge in [-0.2, -0.15) is 23.5 Å². The number of rotatable bonds is 6. The lowest BCUT2D eigenvalue weighted by atomic mass is 10.0. The summed E-state index contributed by atoms with van der Waals surface area (Å²) in [6.45, 7) is 10.6. The molecule has 22 heavy (non-hydrogen) atoms. The molecule has 0 aromatic rings. The Balaban J connectivity index is 0.000000220. The van der Waals surface area contributed by atoms with Crippen molar-refractivity contribution in [1.82, 2.24) is 0 Å². The maximum Gasteiger partial charge on any atom is 0.0591 e. The van der Waals surface area contributed by atoms with Gasteiger partial charge in [-0.05, 0) is 74.4 Å². The van der Waals surface area contributed by atoms with E-state index >= 15 is 0 Å². The summed E-state index contributed by atoms with van der Waals surface area (Å²) >= 11 is 4.13. The summed E-state index contributed by atoms with van der Waals surface area (Å²) < 4.78 is 11.3. The third kappa shape index (κ3) is 11.2. The van der Waals surface area contributed by atoms with Crippen molar-refractivity contribution >= 4 is 23.5 Å². The maximum absolute atomic E-state index is 5.73. The van der Waals surface area contributed by atoms with Gasteiger partial charge in [-0.3, -0.25) is 0 Å². The second-order valence-electron chi connectivity index (χ2n) is 6.98. The SMILES string of the molecule is CC(C)COC1CCSCC1.CC(C)OCC1CCSCC1. The van der Waals surface area contributed by atoms with Gasteiger partial charge in [0.25, 0.3) is 0 Å². The van der Waals surface area contributed by atoms with Gasteiger partial charge in [0.15, 0.2) is 0 Å². The lowest BCUT2D eigenvalue weighted by Gasteiger charge is -2.22. The number of thioether (sulfide) groups is 2. The molecule has 4 heteroatoms. The minimum atomic E-state index is 0.407. The molecule has 0 radical (unpaired) electrons. The Labute approximate surface area is 146 Å². The number of hydrogen-bond acceptors (Lipinski definition) is 4. The Kier molecular flexibility index (Phi) is 12.2. The largest absolute Gasteiger partial charge is 0.379 e. The van der Waals surface area contributed by atoms with Crippen LogP contribution in [0.5, 0.6) is 0 Å². The summed E-state index contributed by atoms with van der Waals surface area (Å²) in [6.07, 6.45) is 6.21. The second kappa shape index (κ2) is 13.0. The highest BCUT2D eigenvalue weighted by Gasteiger charge is 2.14. The van der Waals surface area contributed by atoms with Crippen LogP contribution in [0.3, 0.4) is 0 Å². The van der Waals surface area contributed by atoms with Gasteiger partial charge in [-0.15, -0.1) is 0 Å². The van der Waals surface area contributed by atoms with Crippen LogP contribution < -0.4 is 0 Å². The molecule has 2 fully saturated rings. The minimum Gasteiger partial charge on any atom is -0.379 e. The molecule has 0 amide bonds. The predicted molar refractivity (Wildman–Crippen MR) is 102 cm³/mol. The average Bonchev–Trinajstić information content (AvgIpc) is 2.53. The zero-order valence-corrected chi connectivity index (χ0v) is 16.6. The first kappa shape index (κ1) is 20.7. The van der Waals surface area contributed by atoms with E-state index in [-0.39, 0.29) is 0 Å². The Morgan fingerprint density at radius 3 is 1.91 bits per heavy atom. The summed E-state index contributed by atoms with van der Waals surface area (Å²) in [4.78, 5) is 0. The van der Waals surface area contributed by atoms with E-state index < -0.39 is 0 Å². The topological polar surface area (TPSA) is 18.5 Å². The fourth-order valence-corrected chi connectivity index (χ4v) is 4.68. The molecule has 132 valence electrons. The molecule has 0 atom stereocenters. The molecule has 2 rings (SSSR count). The van der Waals surface area contributed by atoms with Gasteiger partial charge >= 0.3 is 0 Å². The van der Waals surface area contributed by atoms with Crippen molar-refractivity contribution in [3.63, 3.8) is 0 Å². The van der Waals surface area contributed by atoms with Gasteiger partial charge in [0.05, 0.1) is 12.2 Å². The van der Waals surface area contributed by atoms with Gasteiger partial charge in [0.2, 0.25) is 0 Å². The van der Waals surface area contributed by atoms with Crippen molar-refractivity contribution in [2.75, 3.05) is 36.2 Å². The van der Waals surface area contributed by atoms with E-state index in [9.17, 15) is 0 Å². The average molecular weight is 349 g/mol. The van der Waals surface area contributed by atoms with Gasteiger partial charge in [0, 0.05) is 13.2 Å². The van der Waals surface area contributed by atoms with Crippen LogP contribution in [0.1, 0.15) is 53.4 Å². The highest BCUT2D eigenvalue weighted by Crippen LogP contribution is 2.23. The first-order valence-corrected chi connectivity index (χ1v) is 11.3.